The number of anilines is 1. The first-order valence-corrected chi connectivity index (χ1v) is 7.68. The Labute approximate surface area is 149 Å². The molecule has 0 fully saturated rings. The van der Waals surface area contributed by atoms with Crippen molar-refractivity contribution in [3.63, 3.8) is 0 Å². The van der Waals surface area contributed by atoms with Gasteiger partial charge in [0.2, 0.25) is 5.91 Å². The van der Waals surface area contributed by atoms with Crippen LogP contribution in [0.5, 0.6) is 0 Å². The van der Waals surface area contributed by atoms with Gasteiger partial charge in [0.15, 0.2) is 0 Å². The summed E-state index contributed by atoms with van der Waals surface area (Å²) in [5.41, 5.74) is 1.10. The van der Waals surface area contributed by atoms with Crippen molar-refractivity contribution < 1.29 is 23.5 Å². The highest BCUT2D eigenvalue weighted by atomic mass is 19.1. The maximum absolute atomic E-state index is 13.5. The van der Waals surface area contributed by atoms with Crippen molar-refractivity contribution in [2.45, 2.75) is 0 Å². The lowest BCUT2D eigenvalue weighted by atomic mass is 10.2. The summed E-state index contributed by atoms with van der Waals surface area (Å²) < 4.78 is 17.9. The van der Waals surface area contributed by atoms with Gasteiger partial charge in [-0.3, -0.25) is 14.4 Å². The Morgan fingerprint density at radius 2 is 1.77 bits per heavy atom. The third-order valence-electron chi connectivity index (χ3n) is 3.36. The molecule has 0 unspecified atom stereocenters. The maximum atomic E-state index is 13.5. The van der Waals surface area contributed by atoms with Gasteiger partial charge in [-0.1, -0.05) is 18.2 Å². The summed E-state index contributed by atoms with van der Waals surface area (Å²) in [5, 5.41) is 5.01. The van der Waals surface area contributed by atoms with Crippen LogP contribution in [0.2, 0.25) is 0 Å². The molecule has 134 valence electrons. The third kappa shape index (κ3) is 5.55. The highest BCUT2D eigenvalue weighted by molar-refractivity contribution is 6.02. The number of amides is 2. The van der Waals surface area contributed by atoms with Crippen molar-refractivity contribution in [3.05, 3.63) is 71.6 Å². The number of hydrogen-bond acceptors (Lipinski definition) is 4. The lowest BCUT2D eigenvalue weighted by molar-refractivity contribution is -0.139. The van der Waals surface area contributed by atoms with Crippen molar-refractivity contribution in [3.8, 4) is 0 Å². The smallest absolute Gasteiger partial charge is 0.325 e. The van der Waals surface area contributed by atoms with Crippen LogP contribution >= 0.6 is 0 Å². The van der Waals surface area contributed by atoms with Crippen LogP contribution in [-0.4, -0.2) is 31.4 Å². The van der Waals surface area contributed by atoms with E-state index in [1.54, 1.807) is 30.3 Å². The number of halogens is 1. The second-order valence-electron chi connectivity index (χ2n) is 5.18. The summed E-state index contributed by atoms with van der Waals surface area (Å²) in [6, 6.07) is 12.2. The standard InChI is InChI=1S/C19H17FN2O4/c1-26-18(24)12-21-19(25)14-6-9-15(10-7-14)22-17(23)11-8-13-4-2-3-5-16(13)20/h2-11H,12H2,1H3,(H,21,25)(H,22,23)/b11-8+. The summed E-state index contributed by atoms with van der Waals surface area (Å²) in [7, 11) is 1.23. The average molecular weight is 356 g/mol. The number of ether oxygens (including phenoxy) is 1. The number of nitrogens with one attached hydrogen (secondary N) is 2. The lowest BCUT2D eigenvalue weighted by Crippen LogP contribution is -2.30. The van der Waals surface area contributed by atoms with E-state index in [1.807, 2.05) is 0 Å². The summed E-state index contributed by atoms with van der Waals surface area (Å²) in [4.78, 5) is 34.7. The summed E-state index contributed by atoms with van der Waals surface area (Å²) in [5.74, 6) is -1.84. The molecule has 0 bridgehead atoms. The Morgan fingerprint density at radius 1 is 1.08 bits per heavy atom. The van der Waals surface area contributed by atoms with Crippen molar-refractivity contribution >= 4 is 29.5 Å². The van der Waals surface area contributed by atoms with E-state index in [0.717, 1.165) is 0 Å². The van der Waals surface area contributed by atoms with Crippen LogP contribution in [0.15, 0.2) is 54.6 Å². The van der Waals surface area contributed by atoms with Gasteiger partial charge >= 0.3 is 5.97 Å². The second kappa shape index (κ2) is 9.12. The minimum absolute atomic E-state index is 0.228. The van der Waals surface area contributed by atoms with Crippen LogP contribution in [0.1, 0.15) is 15.9 Å². The van der Waals surface area contributed by atoms with Crippen LogP contribution in [0, 0.1) is 5.82 Å². The Morgan fingerprint density at radius 3 is 2.42 bits per heavy atom. The van der Waals surface area contributed by atoms with Gasteiger partial charge in [-0.25, -0.2) is 4.39 Å². The number of hydrogen-bond donors (Lipinski definition) is 2. The number of methoxy groups -OCH3 is 1. The minimum atomic E-state index is -0.552. The quantitative estimate of drug-likeness (QED) is 0.615. The predicted octanol–water partition coefficient (Wildman–Crippen LogP) is 2.38. The SMILES string of the molecule is COC(=O)CNC(=O)c1ccc(NC(=O)/C=C/c2ccccc2F)cc1. The third-order valence-corrected chi connectivity index (χ3v) is 3.36. The molecule has 6 nitrogen and oxygen atoms in total. The molecule has 0 heterocycles. The molecule has 2 rings (SSSR count). The van der Waals surface area contributed by atoms with Gasteiger partial charge in [-0.05, 0) is 36.4 Å². The Bertz CT molecular complexity index is 832. The van der Waals surface area contributed by atoms with E-state index in [9.17, 15) is 18.8 Å². The van der Waals surface area contributed by atoms with Crippen LogP contribution in [0.3, 0.4) is 0 Å². The van der Waals surface area contributed by atoms with E-state index in [0.29, 0.717) is 16.8 Å². The molecule has 2 aromatic rings. The molecule has 0 atom stereocenters. The Kier molecular flexibility index (Phi) is 6.61. The number of rotatable bonds is 6. The molecule has 0 aliphatic heterocycles. The van der Waals surface area contributed by atoms with Gasteiger partial charge in [0.05, 0.1) is 7.11 Å². The molecule has 0 spiro atoms. The first-order chi connectivity index (χ1) is 12.5. The van der Waals surface area contributed by atoms with Crippen molar-refractivity contribution in [1.29, 1.82) is 0 Å². The molecular formula is C19H17FN2O4. The van der Waals surface area contributed by atoms with Crippen molar-refractivity contribution in [1.82, 2.24) is 5.32 Å². The summed E-state index contributed by atoms with van der Waals surface area (Å²) >= 11 is 0. The number of carbonyl (C=O) groups is 3. The molecule has 26 heavy (non-hydrogen) atoms. The fourth-order valence-electron chi connectivity index (χ4n) is 1.99. The zero-order valence-corrected chi connectivity index (χ0v) is 14.0. The minimum Gasteiger partial charge on any atom is -0.468 e. The van der Waals surface area contributed by atoms with Crippen LogP contribution in [0.4, 0.5) is 10.1 Å². The van der Waals surface area contributed by atoms with E-state index in [-0.39, 0.29) is 6.54 Å². The average Bonchev–Trinajstić information content (AvgIpc) is 2.65. The summed E-state index contributed by atoms with van der Waals surface area (Å²) in [6.07, 6.45) is 2.59. The van der Waals surface area contributed by atoms with Gasteiger partial charge in [-0.15, -0.1) is 0 Å². The highest BCUT2D eigenvalue weighted by Gasteiger charge is 2.08. The van der Waals surface area contributed by atoms with Gasteiger partial charge in [0.1, 0.15) is 12.4 Å². The van der Waals surface area contributed by atoms with E-state index in [1.165, 1.54) is 37.5 Å². The molecule has 0 radical (unpaired) electrons. The zero-order chi connectivity index (χ0) is 18.9. The van der Waals surface area contributed by atoms with Gasteiger partial charge in [-0.2, -0.15) is 0 Å². The number of benzene rings is 2. The van der Waals surface area contributed by atoms with E-state index in [4.69, 9.17) is 0 Å². The van der Waals surface area contributed by atoms with Gasteiger partial charge in [0.25, 0.3) is 5.91 Å². The van der Waals surface area contributed by atoms with Gasteiger partial charge < -0.3 is 15.4 Å². The Hall–Kier alpha value is -3.48. The molecule has 2 aromatic carbocycles. The summed E-state index contributed by atoms with van der Waals surface area (Å²) in [6.45, 7) is -0.228. The number of esters is 1. The predicted molar refractivity (Wildman–Crippen MR) is 94.9 cm³/mol. The van der Waals surface area contributed by atoms with Crippen LogP contribution < -0.4 is 10.6 Å². The molecule has 0 saturated carbocycles. The monoisotopic (exact) mass is 356 g/mol. The van der Waals surface area contributed by atoms with Crippen molar-refractivity contribution in [2.75, 3.05) is 19.0 Å². The maximum Gasteiger partial charge on any atom is 0.325 e. The molecule has 2 N–H and O–H groups in total. The molecule has 0 aromatic heterocycles. The number of carbonyl (C=O) groups excluding carboxylic acids is 3. The van der Waals surface area contributed by atoms with E-state index in [2.05, 4.69) is 15.4 Å². The fourth-order valence-corrected chi connectivity index (χ4v) is 1.99. The first-order valence-electron chi connectivity index (χ1n) is 7.68. The molecular weight excluding hydrogens is 339 g/mol. The van der Waals surface area contributed by atoms with Gasteiger partial charge in [0, 0.05) is 22.9 Å². The van der Waals surface area contributed by atoms with E-state index < -0.39 is 23.6 Å². The molecule has 0 aliphatic carbocycles. The molecule has 0 aliphatic rings. The normalized spacial score (nSPS) is 10.4. The molecule has 2 amide bonds. The second-order valence-corrected chi connectivity index (χ2v) is 5.18. The topological polar surface area (TPSA) is 84.5 Å². The fraction of sp³-hybridized carbons (Fsp3) is 0.105. The van der Waals surface area contributed by atoms with Crippen molar-refractivity contribution in [2.24, 2.45) is 0 Å². The highest BCUT2D eigenvalue weighted by Crippen LogP contribution is 2.11. The molecule has 7 heteroatoms. The Balaban J connectivity index is 1.92. The van der Waals surface area contributed by atoms with Crippen LogP contribution in [-0.2, 0) is 14.3 Å². The largest absolute Gasteiger partial charge is 0.468 e. The van der Waals surface area contributed by atoms with E-state index >= 15 is 0 Å². The van der Waals surface area contributed by atoms with Crippen LogP contribution in [0.25, 0.3) is 6.08 Å². The molecule has 0 saturated heterocycles. The first kappa shape index (κ1) is 18.9. The zero-order valence-electron chi connectivity index (χ0n) is 14.0. The lowest BCUT2D eigenvalue weighted by Gasteiger charge is -2.06.